The number of nitrogens with one attached hydrogen (secondary N) is 1. The lowest BCUT2D eigenvalue weighted by Gasteiger charge is -2.22. The molecule has 38 heavy (non-hydrogen) atoms. The molecule has 0 aromatic carbocycles. The molecule has 6 heteroatoms. The molecule has 0 saturated carbocycles. The maximum atomic E-state index is 15.1. The highest BCUT2D eigenvalue weighted by atomic mass is 32.2. The van der Waals surface area contributed by atoms with Gasteiger partial charge < -0.3 is 5.32 Å². The summed E-state index contributed by atoms with van der Waals surface area (Å²) in [7, 11) is -0.910. The highest BCUT2D eigenvalue weighted by Crippen LogP contribution is 2.32. The number of alkyl halides is 1. The summed E-state index contributed by atoms with van der Waals surface area (Å²) >= 11 is 0. The van der Waals surface area contributed by atoms with E-state index in [1.807, 2.05) is 14.1 Å². The van der Waals surface area contributed by atoms with Crippen LogP contribution in [0.5, 0.6) is 0 Å². The summed E-state index contributed by atoms with van der Waals surface area (Å²) in [6.45, 7) is 4.47. The second-order valence-corrected chi connectivity index (χ2v) is 13.2. The fourth-order valence-corrected chi connectivity index (χ4v) is 5.82. The van der Waals surface area contributed by atoms with E-state index in [4.69, 9.17) is 0 Å². The third kappa shape index (κ3) is 27.4. The summed E-state index contributed by atoms with van der Waals surface area (Å²) in [5.41, 5.74) is 0. The average Bonchev–Trinajstić information content (AvgIpc) is 2.87. The second-order valence-electron chi connectivity index (χ2n) is 11.5. The van der Waals surface area contributed by atoms with Crippen LogP contribution in [0.3, 0.4) is 0 Å². The van der Waals surface area contributed by atoms with E-state index in [1.54, 1.807) is 0 Å². The van der Waals surface area contributed by atoms with E-state index in [0.29, 0.717) is 12.8 Å². The van der Waals surface area contributed by atoms with Gasteiger partial charge in [0.2, 0.25) is 5.00 Å². The van der Waals surface area contributed by atoms with Crippen molar-refractivity contribution >= 4 is 10.1 Å². The Morgan fingerprint density at radius 1 is 0.500 bits per heavy atom. The van der Waals surface area contributed by atoms with Crippen molar-refractivity contribution in [1.29, 1.82) is 0 Å². The van der Waals surface area contributed by atoms with E-state index < -0.39 is 15.1 Å². The minimum absolute atomic E-state index is 0.0682. The minimum Gasteiger partial charge on any atom is -0.323 e. The van der Waals surface area contributed by atoms with Crippen LogP contribution in [-0.2, 0) is 10.1 Å². The van der Waals surface area contributed by atoms with Crippen LogP contribution in [-0.4, -0.2) is 32.1 Å². The molecule has 1 unspecified atom stereocenters. The Morgan fingerprint density at radius 2 is 0.684 bits per heavy atom. The molecule has 0 fully saturated rings. The van der Waals surface area contributed by atoms with E-state index in [-0.39, 0.29) is 12.8 Å². The SMILES string of the molecule is CCCCCCCCCCCCCCCCCCC(F)(CCCCCCCCCCC)S(=O)(=O)O.CNC. The van der Waals surface area contributed by atoms with Gasteiger partial charge in [0.25, 0.3) is 10.1 Å². The number of hydrogen-bond acceptors (Lipinski definition) is 3. The number of rotatable bonds is 28. The molecule has 0 aliphatic carbocycles. The van der Waals surface area contributed by atoms with Crippen LogP contribution in [0.25, 0.3) is 0 Å². The number of unbranched alkanes of at least 4 members (excludes halogenated alkanes) is 23. The molecule has 0 saturated heterocycles. The molecular formula is C32H68FNO3S. The van der Waals surface area contributed by atoms with Gasteiger partial charge in [-0.3, -0.25) is 4.55 Å². The van der Waals surface area contributed by atoms with Crippen LogP contribution in [0.4, 0.5) is 4.39 Å². The molecule has 0 amide bonds. The molecule has 0 bridgehead atoms. The first kappa shape index (κ1) is 39.9. The van der Waals surface area contributed by atoms with Crippen molar-refractivity contribution in [3.8, 4) is 0 Å². The van der Waals surface area contributed by atoms with Crippen molar-refractivity contribution in [1.82, 2.24) is 5.32 Å². The summed E-state index contributed by atoms with van der Waals surface area (Å²) in [4.78, 5) is 0. The van der Waals surface area contributed by atoms with Crippen molar-refractivity contribution in [2.45, 2.75) is 192 Å². The Morgan fingerprint density at radius 3 is 0.868 bits per heavy atom. The van der Waals surface area contributed by atoms with Gasteiger partial charge in [0.05, 0.1) is 0 Å². The molecule has 1 atom stereocenters. The summed E-state index contributed by atoms with van der Waals surface area (Å²) in [6, 6.07) is 0. The molecule has 0 aliphatic heterocycles. The molecule has 0 aromatic heterocycles. The average molecular weight is 566 g/mol. The Labute approximate surface area is 238 Å². The van der Waals surface area contributed by atoms with E-state index in [2.05, 4.69) is 19.2 Å². The first-order valence-electron chi connectivity index (χ1n) is 16.5. The molecule has 0 aliphatic rings. The smallest absolute Gasteiger partial charge is 0.300 e. The lowest BCUT2D eigenvalue weighted by molar-refractivity contribution is 0.203. The van der Waals surface area contributed by atoms with Gasteiger partial charge in [-0.25, -0.2) is 4.39 Å². The second kappa shape index (κ2) is 29.8. The Kier molecular flexibility index (Phi) is 31.3. The zero-order chi connectivity index (χ0) is 28.8. The largest absolute Gasteiger partial charge is 0.323 e. The number of hydrogen-bond donors (Lipinski definition) is 2. The topological polar surface area (TPSA) is 66.4 Å². The molecule has 4 nitrogen and oxygen atoms in total. The first-order chi connectivity index (χ1) is 18.3. The van der Waals surface area contributed by atoms with E-state index in [1.165, 1.54) is 109 Å². The highest BCUT2D eigenvalue weighted by Gasteiger charge is 2.42. The fraction of sp³-hybridized carbons (Fsp3) is 1.00. The van der Waals surface area contributed by atoms with Gasteiger partial charge in [-0.05, 0) is 39.8 Å². The molecule has 0 rings (SSSR count). The maximum absolute atomic E-state index is 15.1. The molecule has 0 heterocycles. The van der Waals surface area contributed by atoms with Gasteiger partial charge in [-0.2, -0.15) is 8.42 Å². The quantitative estimate of drug-likeness (QED) is 0.0731. The van der Waals surface area contributed by atoms with Crippen LogP contribution < -0.4 is 5.32 Å². The van der Waals surface area contributed by atoms with Crippen molar-refractivity contribution in [3.63, 3.8) is 0 Å². The van der Waals surface area contributed by atoms with Crippen molar-refractivity contribution < 1.29 is 17.4 Å². The normalized spacial score (nSPS) is 13.2. The first-order valence-corrected chi connectivity index (χ1v) is 18.0. The fourth-order valence-electron chi connectivity index (χ4n) is 5.02. The summed E-state index contributed by atoms with van der Waals surface area (Å²) < 4.78 is 47.9. The Hall–Kier alpha value is -0.200. The Bertz CT molecular complexity index is 559. The molecule has 0 radical (unpaired) electrons. The van der Waals surface area contributed by atoms with E-state index in [9.17, 15) is 13.0 Å². The van der Waals surface area contributed by atoms with Crippen LogP contribution in [0.1, 0.15) is 187 Å². The number of halogens is 1. The summed E-state index contributed by atoms with van der Waals surface area (Å²) in [5.74, 6) is 0. The van der Waals surface area contributed by atoms with Gasteiger partial charge in [0, 0.05) is 0 Å². The monoisotopic (exact) mass is 565 g/mol. The van der Waals surface area contributed by atoms with Gasteiger partial charge in [0.15, 0.2) is 0 Å². The van der Waals surface area contributed by atoms with Crippen molar-refractivity contribution in [2.75, 3.05) is 14.1 Å². The molecule has 232 valence electrons. The summed E-state index contributed by atoms with van der Waals surface area (Å²) in [6.07, 6.45) is 29.4. The minimum atomic E-state index is -4.66. The van der Waals surface area contributed by atoms with Gasteiger partial charge in [-0.15, -0.1) is 0 Å². The third-order valence-electron chi connectivity index (χ3n) is 7.52. The van der Waals surface area contributed by atoms with Crippen LogP contribution in [0.15, 0.2) is 0 Å². The van der Waals surface area contributed by atoms with E-state index in [0.717, 1.165) is 38.5 Å². The Balaban J connectivity index is 0. The van der Waals surface area contributed by atoms with Crippen LogP contribution >= 0.6 is 0 Å². The lowest BCUT2D eigenvalue weighted by atomic mass is 10.0. The van der Waals surface area contributed by atoms with Crippen molar-refractivity contribution in [2.24, 2.45) is 0 Å². The standard InChI is InChI=1S/C30H61FO3S.C2H7N/c1-3-5-7-9-11-13-14-15-16-17-18-19-21-23-25-27-29-30(31,35(32,33)34)28-26-24-22-20-12-10-8-6-4-2;1-3-2/h3-29H2,1-2H3,(H,32,33,34);3H,1-2H3. The zero-order valence-corrected chi connectivity index (χ0v) is 27.0. The maximum Gasteiger partial charge on any atom is 0.300 e. The molecule has 2 N–H and O–H groups in total. The van der Waals surface area contributed by atoms with Gasteiger partial charge in [0.1, 0.15) is 0 Å². The van der Waals surface area contributed by atoms with Crippen LogP contribution in [0.2, 0.25) is 0 Å². The third-order valence-corrected chi connectivity index (χ3v) is 8.85. The van der Waals surface area contributed by atoms with Gasteiger partial charge >= 0.3 is 0 Å². The van der Waals surface area contributed by atoms with Crippen molar-refractivity contribution in [3.05, 3.63) is 0 Å². The van der Waals surface area contributed by atoms with Crippen LogP contribution in [0, 0.1) is 0 Å². The predicted octanol–water partition coefficient (Wildman–Crippen LogP) is 10.9. The summed E-state index contributed by atoms with van der Waals surface area (Å²) in [5, 5.41) is 0.296. The highest BCUT2D eigenvalue weighted by molar-refractivity contribution is 7.87. The molecule has 0 aromatic rings. The van der Waals surface area contributed by atoms with Gasteiger partial charge in [-0.1, -0.05) is 162 Å². The van der Waals surface area contributed by atoms with E-state index >= 15 is 4.39 Å². The molecule has 0 spiro atoms. The molecular weight excluding hydrogens is 497 g/mol. The zero-order valence-electron chi connectivity index (χ0n) is 26.1. The predicted molar refractivity (Wildman–Crippen MR) is 166 cm³/mol. The lowest BCUT2D eigenvalue weighted by Crippen LogP contribution is -2.33.